The summed E-state index contributed by atoms with van der Waals surface area (Å²) in [5.74, 6) is 0.837. The second kappa shape index (κ2) is 10.7. The fraction of sp³-hybridized carbons (Fsp3) is 0.696. The Morgan fingerprint density at radius 3 is 2.21 bits per heavy atom. The standard InChI is InChI=1S/C23H41N/c1-11-14-18(5)20(7)22(24-10)21(16-23(8,9)13-3)15-19(6)17(4)12-2/h12,19-20H,5,10-11,13-16H2,1-4,6-9H3. The molecular weight excluding hydrogens is 290 g/mol. The molecule has 0 N–H and O–H groups in total. The molecule has 0 aliphatic carbocycles. The van der Waals surface area contributed by atoms with Crippen LogP contribution in [0.5, 0.6) is 0 Å². The largest absolute Gasteiger partial charge is 0.269 e. The van der Waals surface area contributed by atoms with Crippen molar-refractivity contribution in [2.45, 2.75) is 87.5 Å². The molecule has 0 bridgehead atoms. The molecule has 0 heterocycles. The van der Waals surface area contributed by atoms with E-state index in [1.165, 1.54) is 28.8 Å². The van der Waals surface area contributed by atoms with Crippen LogP contribution in [0.25, 0.3) is 0 Å². The topological polar surface area (TPSA) is 12.4 Å². The average molecular weight is 332 g/mol. The van der Waals surface area contributed by atoms with Gasteiger partial charge in [-0.2, -0.15) is 0 Å². The lowest BCUT2D eigenvalue weighted by atomic mass is 9.77. The van der Waals surface area contributed by atoms with Crippen molar-refractivity contribution in [3.05, 3.63) is 35.1 Å². The second-order valence-corrected chi connectivity index (χ2v) is 8.11. The Labute approximate surface area is 152 Å². The van der Waals surface area contributed by atoms with E-state index >= 15 is 0 Å². The van der Waals surface area contributed by atoms with Crippen molar-refractivity contribution in [3.63, 3.8) is 0 Å². The van der Waals surface area contributed by atoms with Gasteiger partial charge in [-0.3, -0.25) is 4.99 Å². The van der Waals surface area contributed by atoms with Gasteiger partial charge >= 0.3 is 0 Å². The number of hydrogen-bond acceptors (Lipinski definition) is 1. The van der Waals surface area contributed by atoms with Gasteiger partial charge in [0.05, 0.1) is 0 Å². The van der Waals surface area contributed by atoms with Crippen molar-refractivity contribution in [1.29, 1.82) is 0 Å². The maximum absolute atomic E-state index is 4.50. The zero-order valence-corrected chi connectivity index (χ0v) is 17.6. The first-order valence-corrected chi connectivity index (χ1v) is 9.62. The summed E-state index contributed by atoms with van der Waals surface area (Å²) in [4.78, 5) is 4.50. The van der Waals surface area contributed by atoms with Crippen molar-refractivity contribution >= 4 is 6.72 Å². The van der Waals surface area contributed by atoms with Crippen molar-refractivity contribution in [2.24, 2.45) is 22.2 Å². The van der Waals surface area contributed by atoms with Crippen LogP contribution in [0, 0.1) is 17.3 Å². The molecule has 24 heavy (non-hydrogen) atoms. The van der Waals surface area contributed by atoms with Crippen LogP contribution in [0.4, 0.5) is 0 Å². The molecule has 0 fully saturated rings. The summed E-state index contributed by atoms with van der Waals surface area (Å²) in [6.45, 7) is 26.3. The van der Waals surface area contributed by atoms with Gasteiger partial charge in [0.2, 0.25) is 0 Å². The van der Waals surface area contributed by atoms with E-state index in [0.717, 1.165) is 25.7 Å². The maximum atomic E-state index is 4.50. The highest BCUT2D eigenvalue weighted by molar-refractivity contribution is 5.35. The number of allylic oxidation sites excluding steroid dienone is 4. The molecule has 0 rings (SSSR count). The molecule has 0 saturated carbocycles. The van der Waals surface area contributed by atoms with Gasteiger partial charge in [0, 0.05) is 11.6 Å². The van der Waals surface area contributed by atoms with E-state index < -0.39 is 0 Å². The summed E-state index contributed by atoms with van der Waals surface area (Å²) in [6, 6.07) is 0. The summed E-state index contributed by atoms with van der Waals surface area (Å²) in [5.41, 5.74) is 5.66. The molecule has 2 unspecified atom stereocenters. The normalized spacial score (nSPS) is 16.4. The Morgan fingerprint density at radius 1 is 1.21 bits per heavy atom. The Morgan fingerprint density at radius 2 is 1.79 bits per heavy atom. The van der Waals surface area contributed by atoms with Gasteiger partial charge < -0.3 is 0 Å². The van der Waals surface area contributed by atoms with Crippen LogP contribution in [0.1, 0.15) is 87.5 Å². The van der Waals surface area contributed by atoms with Gasteiger partial charge in [-0.25, -0.2) is 0 Å². The van der Waals surface area contributed by atoms with Crippen LogP contribution in [-0.2, 0) is 0 Å². The van der Waals surface area contributed by atoms with Crippen LogP contribution >= 0.6 is 0 Å². The monoisotopic (exact) mass is 331 g/mol. The molecule has 0 radical (unpaired) electrons. The molecule has 0 aromatic rings. The number of nitrogens with zero attached hydrogens (tertiary/aromatic N) is 1. The van der Waals surface area contributed by atoms with Gasteiger partial charge in [-0.1, -0.05) is 78.2 Å². The molecule has 0 aromatic carbocycles. The number of aliphatic imine (C=N–C) groups is 1. The summed E-state index contributed by atoms with van der Waals surface area (Å²) < 4.78 is 0. The first-order valence-electron chi connectivity index (χ1n) is 9.62. The minimum atomic E-state index is 0.292. The maximum Gasteiger partial charge on any atom is 0.0457 e. The van der Waals surface area contributed by atoms with E-state index in [-0.39, 0.29) is 0 Å². The van der Waals surface area contributed by atoms with E-state index in [2.05, 4.69) is 79.8 Å². The van der Waals surface area contributed by atoms with Gasteiger partial charge in [-0.15, -0.1) is 0 Å². The molecule has 1 heteroatoms. The smallest absolute Gasteiger partial charge is 0.0457 e. The molecule has 2 atom stereocenters. The van der Waals surface area contributed by atoms with E-state index in [4.69, 9.17) is 0 Å². The lowest BCUT2D eigenvalue weighted by Crippen LogP contribution is -2.15. The van der Waals surface area contributed by atoms with Gasteiger partial charge in [-0.05, 0) is 56.7 Å². The van der Waals surface area contributed by atoms with Crippen LogP contribution < -0.4 is 0 Å². The Hall–Kier alpha value is -1.11. The summed E-state index contributed by atoms with van der Waals surface area (Å²) in [5, 5.41) is 0. The predicted molar refractivity (Wildman–Crippen MR) is 112 cm³/mol. The molecule has 0 aromatic heterocycles. The van der Waals surface area contributed by atoms with Crippen molar-refractivity contribution in [3.8, 4) is 0 Å². The SMILES string of the molecule is C=NC(=C(CC(C)C(C)=CC)CC(C)(C)CC)C(C)C(=C)CCC. The zero-order chi connectivity index (χ0) is 18.9. The van der Waals surface area contributed by atoms with E-state index in [9.17, 15) is 0 Å². The van der Waals surface area contributed by atoms with Crippen LogP contribution in [-0.4, -0.2) is 6.72 Å². The Kier molecular flexibility index (Phi) is 10.2. The third kappa shape index (κ3) is 7.20. The van der Waals surface area contributed by atoms with E-state index in [0.29, 0.717) is 17.3 Å². The second-order valence-electron chi connectivity index (χ2n) is 8.11. The zero-order valence-electron chi connectivity index (χ0n) is 17.6. The summed E-state index contributed by atoms with van der Waals surface area (Å²) in [6.07, 6.45) is 7.75. The Bertz CT molecular complexity index is 476. The van der Waals surface area contributed by atoms with E-state index in [1.807, 2.05) is 0 Å². The molecule has 138 valence electrons. The third-order valence-corrected chi connectivity index (χ3v) is 5.56. The minimum absolute atomic E-state index is 0.292. The van der Waals surface area contributed by atoms with Crippen molar-refractivity contribution in [2.75, 3.05) is 0 Å². The van der Waals surface area contributed by atoms with Gasteiger partial charge in [0.25, 0.3) is 0 Å². The molecule has 0 aliphatic rings. The van der Waals surface area contributed by atoms with Crippen molar-refractivity contribution in [1.82, 2.24) is 0 Å². The molecule has 0 amide bonds. The summed E-state index contributed by atoms with van der Waals surface area (Å²) >= 11 is 0. The number of hydrogen-bond donors (Lipinski definition) is 0. The lowest BCUT2D eigenvalue weighted by molar-refractivity contribution is 0.338. The highest BCUT2D eigenvalue weighted by Gasteiger charge is 2.24. The van der Waals surface area contributed by atoms with Crippen LogP contribution in [0.2, 0.25) is 0 Å². The Balaban J connectivity index is 5.82. The number of rotatable bonds is 11. The quantitative estimate of drug-likeness (QED) is 0.271. The minimum Gasteiger partial charge on any atom is -0.269 e. The highest BCUT2D eigenvalue weighted by Crippen LogP contribution is 2.38. The molecule has 0 spiro atoms. The predicted octanol–water partition coefficient (Wildman–Crippen LogP) is 7.75. The molecule has 0 aliphatic heterocycles. The molecular formula is C23H41N. The fourth-order valence-electron chi connectivity index (χ4n) is 3.07. The first kappa shape index (κ1) is 22.9. The fourth-order valence-corrected chi connectivity index (χ4v) is 3.07. The highest BCUT2D eigenvalue weighted by atomic mass is 14.7. The summed E-state index contributed by atoms with van der Waals surface area (Å²) in [7, 11) is 0. The lowest BCUT2D eigenvalue weighted by Gasteiger charge is -2.29. The van der Waals surface area contributed by atoms with Gasteiger partial charge in [0.1, 0.15) is 0 Å². The molecule has 0 saturated heterocycles. The molecule has 1 nitrogen and oxygen atoms in total. The van der Waals surface area contributed by atoms with Crippen molar-refractivity contribution < 1.29 is 0 Å². The van der Waals surface area contributed by atoms with Crippen LogP contribution in [0.3, 0.4) is 0 Å². The average Bonchev–Trinajstić information content (AvgIpc) is 2.54. The van der Waals surface area contributed by atoms with Crippen LogP contribution in [0.15, 0.2) is 40.1 Å². The first-order chi connectivity index (χ1) is 11.1. The van der Waals surface area contributed by atoms with Gasteiger partial charge in [0.15, 0.2) is 0 Å². The van der Waals surface area contributed by atoms with E-state index in [1.54, 1.807) is 0 Å². The third-order valence-electron chi connectivity index (χ3n) is 5.56.